The number of carbonyl (C=O) groups excluding carboxylic acids is 6. The molecule has 12 heteroatoms. The molecule has 6 atom stereocenters. The zero-order valence-electron chi connectivity index (χ0n) is 24.8. The summed E-state index contributed by atoms with van der Waals surface area (Å²) >= 11 is 0. The Labute approximate surface area is 253 Å². The van der Waals surface area contributed by atoms with Crippen molar-refractivity contribution in [3.05, 3.63) is 47.5 Å². The molecule has 0 spiro atoms. The molecule has 3 unspecified atom stereocenters. The second-order valence-corrected chi connectivity index (χ2v) is 12.5. The molecule has 0 saturated heterocycles. The van der Waals surface area contributed by atoms with Crippen LogP contribution in [0.5, 0.6) is 5.75 Å². The van der Waals surface area contributed by atoms with Gasteiger partial charge in [-0.15, -0.1) is 0 Å². The number of nitrogens with two attached hydrogens (primary N) is 1. The van der Waals surface area contributed by atoms with Crippen molar-refractivity contribution >= 4 is 40.8 Å². The number of primary amides is 1. The van der Waals surface area contributed by atoms with Crippen molar-refractivity contribution in [1.29, 1.82) is 0 Å². The Kier molecular flexibility index (Phi) is 7.93. The molecule has 3 aliphatic rings. The minimum Gasteiger partial charge on any atom is -0.507 e. The lowest BCUT2D eigenvalue weighted by atomic mass is 9.52. The van der Waals surface area contributed by atoms with E-state index >= 15 is 0 Å². The summed E-state index contributed by atoms with van der Waals surface area (Å²) in [6.45, 7) is 4.11. The van der Waals surface area contributed by atoms with Crippen LogP contribution in [0.2, 0.25) is 0 Å². The van der Waals surface area contributed by atoms with E-state index in [2.05, 4.69) is 5.32 Å². The molecule has 2 saturated carbocycles. The summed E-state index contributed by atoms with van der Waals surface area (Å²) < 4.78 is 5.15. The molecular weight excluding hydrogens is 570 g/mol. The van der Waals surface area contributed by atoms with Gasteiger partial charge < -0.3 is 20.7 Å². The van der Waals surface area contributed by atoms with Crippen LogP contribution in [0.3, 0.4) is 0 Å². The lowest BCUT2D eigenvalue weighted by Crippen LogP contribution is -2.74. The summed E-state index contributed by atoms with van der Waals surface area (Å²) in [4.78, 5) is 80.2. The Morgan fingerprint density at radius 3 is 2.32 bits per heavy atom. The highest BCUT2D eigenvalue weighted by Crippen LogP contribution is 2.51. The Morgan fingerprint density at radius 2 is 1.73 bits per heavy atom. The highest BCUT2D eigenvalue weighted by Gasteiger charge is 2.69. The fourth-order valence-electron chi connectivity index (χ4n) is 7.00. The third-order valence-corrected chi connectivity index (χ3v) is 8.93. The Bertz CT molecular complexity index is 1580. The molecule has 2 aromatic rings. The van der Waals surface area contributed by atoms with E-state index in [1.807, 2.05) is 13.8 Å². The average molecular weight is 606 g/mol. The van der Waals surface area contributed by atoms with Gasteiger partial charge in [-0.2, -0.15) is 0 Å². The first-order valence-electron chi connectivity index (χ1n) is 14.4. The third-order valence-electron chi connectivity index (χ3n) is 8.93. The van der Waals surface area contributed by atoms with Crippen molar-refractivity contribution in [3.8, 4) is 16.9 Å². The number of nitrogens with one attached hydrogen (secondary N) is 1. The van der Waals surface area contributed by atoms with Crippen LogP contribution in [-0.2, 0) is 30.3 Å². The van der Waals surface area contributed by atoms with Crippen LogP contribution < -0.4 is 11.1 Å². The number of carbonyl (C=O) groups is 6. The second kappa shape index (κ2) is 11.3. The molecule has 0 bridgehead atoms. The molecule has 5 rings (SSSR count). The van der Waals surface area contributed by atoms with Crippen LogP contribution in [0.25, 0.3) is 11.1 Å². The maximum atomic E-state index is 14.0. The first kappa shape index (κ1) is 31.0. The molecule has 0 radical (unpaired) electrons. The molecular formula is C32H35N3O9. The van der Waals surface area contributed by atoms with Crippen molar-refractivity contribution in [1.82, 2.24) is 4.90 Å². The third kappa shape index (κ3) is 4.87. The van der Waals surface area contributed by atoms with Crippen LogP contribution in [0.1, 0.15) is 36.2 Å². The number of rotatable bonds is 6. The van der Waals surface area contributed by atoms with Crippen molar-refractivity contribution in [3.63, 3.8) is 0 Å². The number of likely N-dealkylation sites (N-methyl/N-ethyl adjacent to an activating group) is 1. The number of amides is 2. The monoisotopic (exact) mass is 605 g/mol. The van der Waals surface area contributed by atoms with Gasteiger partial charge in [0, 0.05) is 11.6 Å². The van der Waals surface area contributed by atoms with Gasteiger partial charge in [-0.1, -0.05) is 32.0 Å². The van der Waals surface area contributed by atoms with E-state index in [0.717, 1.165) is 0 Å². The molecule has 0 heterocycles. The van der Waals surface area contributed by atoms with Gasteiger partial charge in [0.1, 0.15) is 5.75 Å². The van der Waals surface area contributed by atoms with E-state index < -0.39 is 70.4 Å². The van der Waals surface area contributed by atoms with Crippen molar-refractivity contribution < 1.29 is 43.7 Å². The van der Waals surface area contributed by atoms with Gasteiger partial charge in [0.15, 0.2) is 34.7 Å². The van der Waals surface area contributed by atoms with E-state index in [0.29, 0.717) is 22.4 Å². The minimum absolute atomic E-state index is 0.0413. The number of aliphatic hydroxyl groups is 1. The number of ketones is 4. The SMILES string of the molecule is CC(C)COC(=O)Nc1ccc(-c2ccc(O)c3c2C[C@@H]2C[C@@H]4C(N(C)C)C(=O)C(C(N)=O)C(=O)[C@]4(O)C(=O)C2C3=O)cc1. The average Bonchev–Trinajstić information content (AvgIpc) is 2.94. The number of benzene rings is 2. The minimum atomic E-state index is -2.77. The summed E-state index contributed by atoms with van der Waals surface area (Å²) in [7, 11) is 3.07. The van der Waals surface area contributed by atoms with E-state index in [4.69, 9.17) is 10.5 Å². The molecule has 232 valence electrons. The van der Waals surface area contributed by atoms with Gasteiger partial charge in [0.05, 0.1) is 24.1 Å². The fraction of sp³-hybridized carbons (Fsp3) is 0.438. The second-order valence-electron chi connectivity index (χ2n) is 12.5. The van der Waals surface area contributed by atoms with E-state index in [9.17, 15) is 39.0 Å². The van der Waals surface area contributed by atoms with Crippen molar-refractivity contribution in [2.24, 2.45) is 35.3 Å². The zero-order valence-corrected chi connectivity index (χ0v) is 24.8. The molecule has 0 aromatic heterocycles. The van der Waals surface area contributed by atoms with Gasteiger partial charge in [-0.3, -0.25) is 34.2 Å². The van der Waals surface area contributed by atoms with E-state index in [1.165, 1.54) is 25.1 Å². The molecule has 44 heavy (non-hydrogen) atoms. The lowest BCUT2D eigenvalue weighted by molar-refractivity contribution is -0.181. The highest BCUT2D eigenvalue weighted by atomic mass is 16.5. The number of aromatic hydroxyl groups is 1. The van der Waals surface area contributed by atoms with Crippen molar-refractivity contribution in [2.75, 3.05) is 26.0 Å². The van der Waals surface area contributed by atoms with Gasteiger partial charge in [-0.25, -0.2) is 4.79 Å². The van der Waals surface area contributed by atoms with Crippen LogP contribution in [0.4, 0.5) is 10.5 Å². The first-order chi connectivity index (χ1) is 20.7. The first-order valence-corrected chi connectivity index (χ1v) is 14.4. The number of fused-ring (bicyclic) bond motifs is 3. The fourth-order valence-corrected chi connectivity index (χ4v) is 7.00. The molecule has 2 amide bonds. The molecule has 5 N–H and O–H groups in total. The Hall–Kier alpha value is -4.42. The molecule has 0 aliphatic heterocycles. The Balaban J connectivity index is 1.51. The van der Waals surface area contributed by atoms with E-state index in [-0.39, 0.29) is 36.7 Å². The standard InChI is InChI=1S/C32H35N3O9/c1-14(2)13-44-31(42)34-17-7-5-15(6-8-17)18-9-10-21(36)23-19(18)11-16-12-20-25(35(3)4)27(38)24(30(33)41)29(40)32(20,43)28(39)22(16)26(23)37/h5-10,14,16,20,22,24-25,36,43H,11-13H2,1-4H3,(H2,33,41)(H,34,42)/t16-,20-,22?,24?,25?,32-/m1/s1. The van der Waals surface area contributed by atoms with Gasteiger partial charge in [-0.05, 0) is 73.7 Å². The number of hydrogen-bond donors (Lipinski definition) is 4. The normalized spacial score (nSPS) is 27.9. The molecule has 3 aliphatic carbocycles. The number of anilines is 1. The molecule has 2 aromatic carbocycles. The van der Waals surface area contributed by atoms with Crippen LogP contribution in [0, 0.1) is 29.6 Å². The summed E-state index contributed by atoms with van der Waals surface area (Å²) in [5.74, 6) is -10.8. The zero-order chi connectivity index (χ0) is 32.2. The number of ether oxygens (including phenoxy) is 1. The van der Waals surface area contributed by atoms with E-state index in [1.54, 1.807) is 30.3 Å². The predicted molar refractivity (Wildman–Crippen MR) is 157 cm³/mol. The summed E-state index contributed by atoms with van der Waals surface area (Å²) in [5, 5.41) is 25.1. The number of hydrogen-bond acceptors (Lipinski definition) is 10. The summed E-state index contributed by atoms with van der Waals surface area (Å²) in [6, 6.07) is 8.61. The van der Waals surface area contributed by atoms with Crippen LogP contribution >= 0.6 is 0 Å². The van der Waals surface area contributed by atoms with Crippen LogP contribution in [0.15, 0.2) is 36.4 Å². The Morgan fingerprint density at radius 1 is 1.07 bits per heavy atom. The lowest BCUT2D eigenvalue weighted by Gasteiger charge is -2.52. The van der Waals surface area contributed by atoms with Crippen molar-refractivity contribution in [2.45, 2.75) is 38.3 Å². The summed E-state index contributed by atoms with van der Waals surface area (Å²) in [5.41, 5.74) is 4.75. The van der Waals surface area contributed by atoms with Gasteiger partial charge in [0.25, 0.3) is 0 Å². The maximum Gasteiger partial charge on any atom is 0.411 e. The topological polar surface area (TPSA) is 193 Å². The number of phenolic OH excluding ortho intramolecular Hbond substituents is 1. The van der Waals surface area contributed by atoms with Crippen LogP contribution in [-0.4, -0.2) is 82.6 Å². The van der Waals surface area contributed by atoms with Gasteiger partial charge in [0.2, 0.25) is 5.91 Å². The molecule has 2 fully saturated rings. The largest absolute Gasteiger partial charge is 0.507 e. The van der Waals surface area contributed by atoms with Gasteiger partial charge >= 0.3 is 6.09 Å². The summed E-state index contributed by atoms with van der Waals surface area (Å²) in [6.07, 6.45) is -0.498. The maximum absolute atomic E-state index is 14.0. The smallest absolute Gasteiger partial charge is 0.411 e. The number of phenols is 1. The predicted octanol–water partition coefficient (Wildman–Crippen LogP) is 1.74. The number of nitrogens with zero attached hydrogens (tertiary/aromatic N) is 1. The highest BCUT2D eigenvalue weighted by molar-refractivity contribution is 6.32. The number of Topliss-reactive ketones (excluding diaryl/α,β-unsaturated/α-hetero) is 4. The molecule has 12 nitrogen and oxygen atoms in total. The quantitative estimate of drug-likeness (QED) is 0.352.